The van der Waals surface area contributed by atoms with Gasteiger partial charge in [0.25, 0.3) is 0 Å². The van der Waals surface area contributed by atoms with Crippen molar-refractivity contribution in [1.82, 2.24) is 10.3 Å². The molecule has 1 atom stereocenters. The van der Waals surface area contributed by atoms with Crippen molar-refractivity contribution < 1.29 is 4.74 Å². The molecule has 4 nitrogen and oxygen atoms in total. The summed E-state index contributed by atoms with van der Waals surface area (Å²) < 4.78 is 5.23. The van der Waals surface area contributed by atoms with E-state index in [4.69, 9.17) is 10.6 Å². The molecule has 0 amide bonds. The molecule has 11 heavy (non-hydrogen) atoms. The summed E-state index contributed by atoms with van der Waals surface area (Å²) in [6.07, 6.45) is 1.59. The second-order valence-electron chi connectivity index (χ2n) is 2.90. The monoisotopic (exact) mass is 159 g/mol. The summed E-state index contributed by atoms with van der Waals surface area (Å²) in [7, 11) is 1.77. The van der Waals surface area contributed by atoms with Crippen molar-refractivity contribution in [3.63, 3.8) is 0 Å². The normalized spacial score (nSPS) is 26.2. The topological polar surface area (TPSA) is 50.5 Å². The molecule has 1 aliphatic heterocycles. The first kappa shape index (κ1) is 8.93. The lowest BCUT2D eigenvalue weighted by Gasteiger charge is -2.14. The highest BCUT2D eigenvalue weighted by Gasteiger charge is 2.20. The zero-order valence-electron chi connectivity index (χ0n) is 7.05. The molecule has 0 spiro atoms. The second kappa shape index (κ2) is 4.66. The molecule has 66 valence electrons. The molecule has 0 saturated carbocycles. The summed E-state index contributed by atoms with van der Waals surface area (Å²) in [5.41, 5.74) is 2.64. The number of hydrogen-bond donors (Lipinski definition) is 2. The maximum atomic E-state index is 5.23. The third-order valence-electron chi connectivity index (χ3n) is 2.13. The van der Waals surface area contributed by atoms with E-state index in [0.717, 1.165) is 32.6 Å². The Bertz CT molecular complexity index is 110. The van der Waals surface area contributed by atoms with Crippen molar-refractivity contribution in [2.45, 2.75) is 12.5 Å². The predicted octanol–water partition coefficient (Wildman–Crippen LogP) is -0.830. The highest BCUT2D eigenvalue weighted by molar-refractivity contribution is 4.75. The van der Waals surface area contributed by atoms with Gasteiger partial charge in [-0.3, -0.25) is 16.2 Å². The quantitative estimate of drug-likeness (QED) is 0.415. The molecule has 0 aliphatic carbocycles. The SMILES string of the molecule is COC1CCN(CCNN)C1. The molecule has 1 saturated heterocycles. The van der Waals surface area contributed by atoms with Crippen LogP contribution in [0, 0.1) is 0 Å². The van der Waals surface area contributed by atoms with Gasteiger partial charge < -0.3 is 4.74 Å². The third-order valence-corrected chi connectivity index (χ3v) is 2.13. The lowest BCUT2D eigenvalue weighted by atomic mass is 10.3. The van der Waals surface area contributed by atoms with Crippen LogP contribution in [0.2, 0.25) is 0 Å². The first-order valence-corrected chi connectivity index (χ1v) is 4.05. The Morgan fingerprint density at radius 2 is 2.55 bits per heavy atom. The lowest BCUT2D eigenvalue weighted by Crippen LogP contribution is -2.34. The molecular formula is C7H17N3O. The van der Waals surface area contributed by atoms with E-state index in [-0.39, 0.29) is 0 Å². The Hall–Kier alpha value is -0.160. The number of nitrogens with one attached hydrogen (secondary N) is 1. The number of methoxy groups -OCH3 is 1. The van der Waals surface area contributed by atoms with Crippen LogP contribution >= 0.6 is 0 Å². The summed E-state index contributed by atoms with van der Waals surface area (Å²) in [6.45, 7) is 4.07. The Balaban J connectivity index is 2.09. The van der Waals surface area contributed by atoms with Crippen LogP contribution in [0.1, 0.15) is 6.42 Å². The van der Waals surface area contributed by atoms with Crippen LogP contribution in [0.3, 0.4) is 0 Å². The fraction of sp³-hybridized carbons (Fsp3) is 1.00. The van der Waals surface area contributed by atoms with Gasteiger partial charge in [0.05, 0.1) is 6.10 Å². The van der Waals surface area contributed by atoms with E-state index in [0.29, 0.717) is 6.10 Å². The van der Waals surface area contributed by atoms with E-state index >= 15 is 0 Å². The van der Waals surface area contributed by atoms with Gasteiger partial charge in [0.2, 0.25) is 0 Å². The van der Waals surface area contributed by atoms with Gasteiger partial charge in [-0.05, 0) is 6.42 Å². The molecule has 1 heterocycles. The Morgan fingerprint density at radius 1 is 1.73 bits per heavy atom. The fourth-order valence-corrected chi connectivity index (χ4v) is 1.42. The van der Waals surface area contributed by atoms with E-state index in [1.165, 1.54) is 0 Å². The van der Waals surface area contributed by atoms with Gasteiger partial charge in [-0.25, -0.2) is 0 Å². The summed E-state index contributed by atoms with van der Waals surface area (Å²) in [6, 6.07) is 0. The molecule has 1 aliphatic rings. The van der Waals surface area contributed by atoms with E-state index in [9.17, 15) is 0 Å². The molecule has 0 aromatic carbocycles. The Kier molecular flexibility index (Phi) is 3.79. The van der Waals surface area contributed by atoms with Crippen molar-refractivity contribution in [3.8, 4) is 0 Å². The van der Waals surface area contributed by atoms with E-state index < -0.39 is 0 Å². The smallest absolute Gasteiger partial charge is 0.0710 e. The second-order valence-corrected chi connectivity index (χ2v) is 2.90. The minimum Gasteiger partial charge on any atom is -0.380 e. The van der Waals surface area contributed by atoms with Gasteiger partial charge in [-0.1, -0.05) is 0 Å². The Morgan fingerprint density at radius 3 is 3.09 bits per heavy atom. The molecular weight excluding hydrogens is 142 g/mol. The van der Waals surface area contributed by atoms with Crippen LogP contribution in [-0.4, -0.2) is 44.3 Å². The van der Waals surface area contributed by atoms with Crippen LogP contribution in [0.15, 0.2) is 0 Å². The first-order chi connectivity index (χ1) is 5.36. The molecule has 3 N–H and O–H groups in total. The van der Waals surface area contributed by atoms with Crippen molar-refractivity contribution in [3.05, 3.63) is 0 Å². The molecule has 1 unspecified atom stereocenters. The number of nitrogens with two attached hydrogens (primary N) is 1. The average Bonchev–Trinajstić information content (AvgIpc) is 2.48. The minimum atomic E-state index is 0.438. The van der Waals surface area contributed by atoms with Crippen molar-refractivity contribution in [1.29, 1.82) is 0 Å². The van der Waals surface area contributed by atoms with Crippen LogP contribution in [0.25, 0.3) is 0 Å². The van der Waals surface area contributed by atoms with Gasteiger partial charge in [0.15, 0.2) is 0 Å². The predicted molar refractivity (Wildman–Crippen MR) is 44.0 cm³/mol. The van der Waals surface area contributed by atoms with Crippen LogP contribution in [0.4, 0.5) is 0 Å². The van der Waals surface area contributed by atoms with Crippen molar-refractivity contribution in [2.24, 2.45) is 5.84 Å². The number of nitrogens with zero attached hydrogens (tertiary/aromatic N) is 1. The molecule has 0 bridgehead atoms. The third kappa shape index (κ3) is 2.75. The maximum Gasteiger partial charge on any atom is 0.0710 e. The van der Waals surface area contributed by atoms with Crippen molar-refractivity contribution >= 4 is 0 Å². The number of hydrazine groups is 1. The summed E-state index contributed by atoms with van der Waals surface area (Å²) in [4.78, 5) is 2.36. The molecule has 0 radical (unpaired) electrons. The zero-order valence-corrected chi connectivity index (χ0v) is 7.05. The highest BCUT2D eigenvalue weighted by atomic mass is 16.5. The highest BCUT2D eigenvalue weighted by Crippen LogP contribution is 2.10. The molecule has 0 aromatic rings. The number of likely N-dealkylation sites (tertiary alicyclic amines) is 1. The summed E-state index contributed by atoms with van der Waals surface area (Å²) in [5, 5.41) is 0. The van der Waals surface area contributed by atoms with E-state index in [2.05, 4.69) is 10.3 Å². The van der Waals surface area contributed by atoms with Gasteiger partial charge >= 0.3 is 0 Å². The van der Waals surface area contributed by atoms with E-state index in [1.54, 1.807) is 7.11 Å². The molecule has 0 aromatic heterocycles. The summed E-state index contributed by atoms with van der Waals surface area (Å²) >= 11 is 0. The first-order valence-electron chi connectivity index (χ1n) is 4.05. The van der Waals surface area contributed by atoms with Gasteiger partial charge in [0.1, 0.15) is 0 Å². The molecule has 1 rings (SSSR count). The lowest BCUT2D eigenvalue weighted by molar-refractivity contribution is 0.108. The molecule has 4 heteroatoms. The minimum absolute atomic E-state index is 0.438. The largest absolute Gasteiger partial charge is 0.380 e. The fourth-order valence-electron chi connectivity index (χ4n) is 1.42. The van der Waals surface area contributed by atoms with E-state index in [1.807, 2.05) is 0 Å². The van der Waals surface area contributed by atoms with Gasteiger partial charge in [-0.2, -0.15) is 0 Å². The Labute approximate surface area is 67.7 Å². The summed E-state index contributed by atoms with van der Waals surface area (Å²) in [5.74, 6) is 5.17. The zero-order chi connectivity index (χ0) is 8.10. The van der Waals surface area contributed by atoms with Gasteiger partial charge in [-0.15, -0.1) is 0 Å². The number of ether oxygens (including phenoxy) is 1. The standard InChI is InChI=1S/C7H17N3O/c1-11-7-2-4-10(6-7)5-3-9-8/h7,9H,2-6,8H2,1H3. The van der Waals surface area contributed by atoms with Crippen molar-refractivity contribution in [2.75, 3.05) is 33.3 Å². The van der Waals surface area contributed by atoms with Crippen LogP contribution in [0.5, 0.6) is 0 Å². The number of rotatable bonds is 4. The average molecular weight is 159 g/mol. The molecule has 1 fully saturated rings. The van der Waals surface area contributed by atoms with Crippen LogP contribution in [-0.2, 0) is 4.74 Å². The number of hydrogen-bond acceptors (Lipinski definition) is 4. The maximum absolute atomic E-state index is 5.23. The van der Waals surface area contributed by atoms with Crippen LogP contribution < -0.4 is 11.3 Å². The van der Waals surface area contributed by atoms with Gasteiger partial charge in [0, 0.05) is 33.3 Å².